The van der Waals surface area contributed by atoms with Crippen LogP contribution in [0.5, 0.6) is 11.5 Å². The fraction of sp³-hybridized carbons (Fsp3) is 0.417. The highest BCUT2D eigenvalue weighted by atomic mass is 16.5. The number of methoxy groups -OCH3 is 2. The van der Waals surface area contributed by atoms with Crippen LogP contribution in [0.1, 0.15) is 30.9 Å². The number of anilines is 1. The highest BCUT2D eigenvalue weighted by Gasteiger charge is 2.39. The van der Waals surface area contributed by atoms with Crippen LogP contribution in [0.15, 0.2) is 42.5 Å². The van der Waals surface area contributed by atoms with E-state index >= 15 is 0 Å². The topological polar surface area (TPSA) is 79.9 Å². The predicted molar refractivity (Wildman–Crippen MR) is 121 cm³/mol. The number of carbonyl (C=O) groups is 2. The monoisotopic (exact) mass is 425 g/mol. The van der Waals surface area contributed by atoms with Gasteiger partial charge >= 0.3 is 6.03 Å². The van der Waals surface area contributed by atoms with Crippen molar-refractivity contribution in [1.82, 2.24) is 10.2 Å². The summed E-state index contributed by atoms with van der Waals surface area (Å²) in [6.45, 7) is 5.38. The number of nitrogens with zero attached hydrogens (tertiary/aromatic N) is 1. The fourth-order valence-electron chi connectivity index (χ4n) is 3.90. The summed E-state index contributed by atoms with van der Waals surface area (Å²) < 4.78 is 10.6. The van der Waals surface area contributed by atoms with Crippen molar-refractivity contribution in [2.75, 3.05) is 32.6 Å². The van der Waals surface area contributed by atoms with Crippen molar-refractivity contribution in [2.45, 2.75) is 33.2 Å². The Morgan fingerprint density at radius 3 is 2.61 bits per heavy atom. The Kier molecular flexibility index (Phi) is 7.05. The highest BCUT2D eigenvalue weighted by Crippen LogP contribution is 2.32. The number of benzene rings is 2. The number of aryl methyl sites for hydroxylation is 1. The van der Waals surface area contributed by atoms with Crippen LogP contribution < -0.4 is 20.1 Å². The molecule has 0 aromatic heterocycles. The zero-order chi connectivity index (χ0) is 22.4. The van der Waals surface area contributed by atoms with E-state index in [-0.39, 0.29) is 11.9 Å². The van der Waals surface area contributed by atoms with Crippen molar-refractivity contribution in [3.8, 4) is 11.5 Å². The molecule has 2 aromatic carbocycles. The Balaban J connectivity index is 1.65. The molecule has 3 amide bonds. The first kappa shape index (κ1) is 22.5. The molecule has 7 heteroatoms. The molecule has 1 heterocycles. The number of hydrogen-bond acceptors (Lipinski definition) is 4. The largest absolute Gasteiger partial charge is 0.497 e. The Bertz CT molecular complexity index is 946. The highest BCUT2D eigenvalue weighted by molar-refractivity contribution is 5.92. The molecule has 0 radical (unpaired) electrons. The van der Waals surface area contributed by atoms with E-state index in [2.05, 4.69) is 10.6 Å². The van der Waals surface area contributed by atoms with E-state index in [1.54, 1.807) is 37.3 Å². The van der Waals surface area contributed by atoms with E-state index < -0.39 is 5.41 Å². The molecule has 166 valence electrons. The lowest BCUT2D eigenvalue weighted by Crippen LogP contribution is -2.52. The van der Waals surface area contributed by atoms with Crippen LogP contribution >= 0.6 is 0 Å². The van der Waals surface area contributed by atoms with Crippen molar-refractivity contribution >= 4 is 17.6 Å². The third-order valence-electron chi connectivity index (χ3n) is 5.88. The molecule has 1 fully saturated rings. The molecule has 3 rings (SSSR count). The maximum absolute atomic E-state index is 13.0. The average molecular weight is 426 g/mol. The lowest BCUT2D eigenvalue weighted by atomic mass is 9.81. The molecule has 0 saturated carbocycles. The Hall–Kier alpha value is -3.22. The van der Waals surface area contributed by atoms with Gasteiger partial charge in [-0.05, 0) is 49.9 Å². The van der Waals surface area contributed by atoms with Gasteiger partial charge in [-0.2, -0.15) is 0 Å². The zero-order valence-corrected chi connectivity index (χ0v) is 18.7. The molecular formula is C24H31N3O4. The van der Waals surface area contributed by atoms with E-state index in [1.807, 2.05) is 38.1 Å². The summed E-state index contributed by atoms with van der Waals surface area (Å²) >= 11 is 0. The summed E-state index contributed by atoms with van der Waals surface area (Å²) in [5, 5.41) is 5.96. The molecular weight excluding hydrogens is 394 g/mol. The number of hydrogen-bond donors (Lipinski definition) is 2. The summed E-state index contributed by atoms with van der Waals surface area (Å²) in [4.78, 5) is 27.7. The number of piperidine rings is 1. The lowest BCUT2D eigenvalue weighted by Gasteiger charge is -2.39. The normalized spacial score (nSPS) is 18.3. The Morgan fingerprint density at radius 2 is 1.90 bits per heavy atom. The molecule has 31 heavy (non-hydrogen) atoms. The van der Waals surface area contributed by atoms with Crippen LogP contribution in [0.25, 0.3) is 0 Å². The summed E-state index contributed by atoms with van der Waals surface area (Å²) in [7, 11) is 3.12. The van der Waals surface area contributed by atoms with E-state index in [9.17, 15) is 9.59 Å². The lowest BCUT2D eigenvalue weighted by molar-refractivity contribution is -0.132. The molecule has 0 spiro atoms. The van der Waals surface area contributed by atoms with Crippen LogP contribution in [0.4, 0.5) is 10.5 Å². The number of nitrogens with one attached hydrogen (secondary N) is 2. The van der Waals surface area contributed by atoms with Gasteiger partial charge in [0, 0.05) is 25.7 Å². The summed E-state index contributed by atoms with van der Waals surface area (Å²) in [6.07, 6.45) is 1.50. The van der Waals surface area contributed by atoms with Crippen molar-refractivity contribution in [3.05, 3.63) is 53.6 Å². The molecule has 0 bridgehead atoms. The molecule has 7 nitrogen and oxygen atoms in total. The molecule has 0 aliphatic carbocycles. The van der Waals surface area contributed by atoms with Crippen molar-refractivity contribution < 1.29 is 19.1 Å². The van der Waals surface area contributed by atoms with Gasteiger partial charge in [-0.1, -0.05) is 24.3 Å². The first-order valence-corrected chi connectivity index (χ1v) is 10.5. The van der Waals surface area contributed by atoms with Crippen LogP contribution in [-0.4, -0.2) is 44.1 Å². The second-order valence-corrected chi connectivity index (χ2v) is 8.19. The molecule has 2 N–H and O–H groups in total. The Labute approximate surface area is 183 Å². The molecule has 1 atom stereocenters. The van der Waals surface area contributed by atoms with Gasteiger partial charge in [0.05, 0.1) is 25.3 Å². The number of ether oxygens (including phenoxy) is 2. The standard InChI is InChI=1S/C24H31N3O4/c1-17-8-5-6-9-18(17)15-25-22(28)24(2)12-7-13-27(16-24)23(29)26-20-14-19(30-3)10-11-21(20)31-4/h5-6,8-11,14H,7,12-13,15-16H2,1-4H3,(H,25,28)(H,26,29). The molecule has 1 saturated heterocycles. The van der Waals surface area contributed by atoms with Gasteiger partial charge in [-0.25, -0.2) is 4.79 Å². The SMILES string of the molecule is COc1ccc(OC)c(NC(=O)N2CCCC(C)(C(=O)NCc3ccccc3C)C2)c1. The second-order valence-electron chi connectivity index (χ2n) is 8.19. The average Bonchev–Trinajstić information content (AvgIpc) is 2.78. The quantitative estimate of drug-likeness (QED) is 0.734. The van der Waals surface area contributed by atoms with Gasteiger partial charge in [-0.3, -0.25) is 4.79 Å². The minimum Gasteiger partial charge on any atom is -0.497 e. The summed E-state index contributed by atoms with van der Waals surface area (Å²) in [5.74, 6) is 1.13. The van der Waals surface area contributed by atoms with Gasteiger partial charge in [0.2, 0.25) is 5.91 Å². The van der Waals surface area contributed by atoms with Crippen LogP contribution in [0.2, 0.25) is 0 Å². The number of urea groups is 1. The number of likely N-dealkylation sites (tertiary alicyclic amines) is 1. The number of carbonyl (C=O) groups excluding carboxylic acids is 2. The maximum Gasteiger partial charge on any atom is 0.321 e. The summed E-state index contributed by atoms with van der Waals surface area (Å²) in [5.41, 5.74) is 2.12. The number of rotatable bonds is 6. The number of amides is 3. The van der Waals surface area contributed by atoms with Crippen LogP contribution in [-0.2, 0) is 11.3 Å². The van der Waals surface area contributed by atoms with Crippen LogP contribution in [0, 0.1) is 12.3 Å². The van der Waals surface area contributed by atoms with Crippen molar-refractivity contribution in [2.24, 2.45) is 5.41 Å². The van der Waals surface area contributed by atoms with E-state index in [1.165, 1.54) is 0 Å². The fourth-order valence-corrected chi connectivity index (χ4v) is 3.90. The summed E-state index contributed by atoms with van der Waals surface area (Å²) in [6, 6.07) is 13.0. The van der Waals surface area contributed by atoms with Gasteiger partial charge in [0.1, 0.15) is 11.5 Å². The van der Waals surface area contributed by atoms with Crippen LogP contribution in [0.3, 0.4) is 0 Å². The molecule has 1 unspecified atom stereocenters. The second kappa shape index (κ2) is 9.73. The van der Waals surface area contributed by atoms with Gasteiger partial charge in [-0.15, -0.1) is 0 Å². The zero-order valence-electron chi connectivity index (χ0n) is 18.7. The predicted octanol–water partition coefficient (Wildman–Crippen LogP) is 3.96. The first-order chi connectivity index (χ1) is 14.9. The molecule has 2 aromatic rings. The first-order valence-electron chi connectivity index (χ1n) is 10.5. The minimum atomic E-state index is -0.642. The van der Waals surface area contributed by atoms with Crippen molar-refractivity contribution in [3.63, 3.8) is 0 Å². The third kappa shape index (κ3) is 5.29. The van der Waals surface area contributed by atoms with E-state index in [0.29, 0.717) is 36.8 Å². The maximum atomic E-state index is 13.0. The molecule has 1 aliphatic heterocycles. The van der Waals surface area contributed by atoms with Gasteiger partial charge < -0.3 is 25.0 Å². The van der Waals surface area contributed by atoms with E-state index in [0.717, 1.165) is 24.0 Å². The Morgan fingerprint density at radius 1 is 1.13 bits per heavy atom. The smallest absolute Gasteiger partial charge is 0.321 e. The minimum absolute atomic E-state index is 0.0350. The van der Waals surface area contributed by atoms with Crippen molar-refractivity contribution in [1.29, 1.82) is 0 Å². The van der Waals surface area contributed by atoms with E-state index in [4.69, 9.17) is 9.47 Å². The van der Waals surface area contributed by atoms with Gasteiger partial charge in [0.25, 0.3) is 0 Å². The van der Waals surface area contributed by atoms with Gasteiger partial charge in [0.15, 0.2) is 0 Å². The molecule has 1 aliphatic rings. The third-order valence-corrected chi connectivity index (χ3v) is 5.88.